The van der Waals surface area contributed by atoms with Crippen LogP contribution in [0.5, 0.6) is 0 Å². The minimum absolute atomic E-state index is 0.0600. The predicted octanol–water partition coefficient (Wildman–Crippen LogP) is 2.30. The second-order valence-corrected chi connectivity index (χ2v) is 5.23. The summed E-state index contributed by atoms with van der Waals surface area (Å²) in [5.41, 5.74) is 5.81. The number of carbonyl (C=O) groups is 1. The lowest BCUT2D eigenvalue weighted by Gasteiger charge is -2.20. The molecule has 0 fully saturated rings. The van der Waals surface area contributed by atoms with Crippen LogP contribution in [0.4, 0.5) is 0 Å². The maximum atomic E-state index is 11.8. The molecule has 1 aromatic rings. The monoisotopic (exact) mass is 240 g/mol. The Morgan fingerprint density at radius 3 is 2.69 bits per heavy atom. The van der Waals surface area contributed by atoms with Crippen LogP contribution in [0.25, 0.3) is 0 Å². The molecule has 0 aliphatic heterocycles. The fourth-order valence-corrected chi connectivity index (χ4v) is 2.30. The molecule has 0 aromatic carbocycles. The van der Waals surface area contributed by atoms with Crippen LogP contribution in [0.2, 0.25) is 0 Å². The molecule has 0 saturated heterocycles. The van der Waals surface area contributed by atoms with Gasteiger partial charge in [0, 0.05) is 4.88 Å². The molecule has 1 heterocycles. The number of nitrogens with two attached hydrogens (primary N) is 1. The summed E-state index contributed by atoms with van der Waals surface area (Å²) in [7, 11) is 0. The van der Waals surface area contributed by atoms with Gasteiger partial charge in [-0.1, -0.05) is 26.8 Å². The van der Waals surface area contributed by atoms with E-state index < -0.39 is 6.04 Å². The van der Waals surface area contributed by atoms with Crippen LogP contribution < -0.4 is 11.1 Å². The Balaban J connectivity index is 2.61. The van der Waals surface area contributed by atoms with Crippen molar-refractivity contribution < 1.29 is 4.79 Å². The average Bonchev–Trinajstić information content (AvgIpc) is 2.77. The van der Waals surface area contributed by atoms with Gasteiger partial charge < -0.3 is 11.1 Å². The number of nitrogens with one attached hydrogen (secondary N) is 1. The molecule has 0 aliphatic rings. The van der Waals surface area contributed by atoms with Gasteiger partial charge in [-0.05, 0) is 23.8 Å². The molecule has 90 valence electrons. The molecule has 1 amide bonds. The second kappa shape index (κ2) is 6.01. The lowest BCUT2D eigenvalue weighted by molar-refractivity contribution is -0.124. The predicted molar refractivity (Wildman–Crippen MR) is 68.3 cm³/mol. The van der Waals surface area contributed by atoms with Crippen LogP contribution in [0.3, 0.4) is 0 Å². The number of carbonyl (C=O) groups excluding carboxylic acids is 1. The Morgan fingerprint density at radius 2 is 2.25 bits per heavy atom. The van der Waals surface area contributed by atoms with Gasteiger partial charge in [0.25, 0.3) is 0 Å². The number of rotatable bonds is 5. The Bertz CT molecular complexity index is 322. The van der Waals surface area contributed by atoms with E-state index in [-0.39, 0.29) is 17.9 Å². The van der Waals surface area contributed by atoms with Crippen LogP contribution in [-0.4, -0.2) is 11.9 Å². The molecule has 3 nitrogen and oxygen atoms in total. The normalized spacial score (nSPS) is 14.8. The molecule has 2 atom stereocenters. The third-order valence-electron chi connectivity index (χ3n) is 2.63. The van der Waals surface area contributed by atoms with Crippen LogP contribution in [-0.2, 0) is 4.79 Å². The van der Waals surface area contributed by atoms with E-state index in [0.717, 1.165) is 6.42 Å². The maximum Gasteiger partial charge on any atom is 0.237 e. The molecule has 0 radical (unpaired) electrons. The van der Waals surface area contributed by atoms with E-state index in [4.69, 9.17) is 5.73 Å². The van der Waals surface area contributed by atoms with Gasteiger partial charge in [0.15, 0.2) is 0 Å². The molecule has 1 aromatic heterocycles. The third kappa shape index (κ3) is 3.32. The minimum atomic E-state index is -0.422. The first-order chi connectivity index (χ1) is 7.56. The first-order valence-corrected chi connectivity index (χ1v) is 6.53. The molecule has 1 unspecified atom stereocenters. The van der Waals surface area contributed by atoms with E-state index in [9.17, 15) is 4.79 Å². The SMILES string of the molecule is CCC(NC(=O)[C@H](N)C(C)C)c1cccs1. The molecule has 4 heteroatoms. The highest BCUT2D eigenvalue weighted by molar-refractivity contribution is 7.10. The first-order valence-electron chi connectivity index (χ1n) is 5.65. The highest BCUT2D eigenvalue weighted by atomic mass is 32.1. The average molecular weight is 240 g/mol. The topological polar surface area (TPSA) is 55.1 Å². The number of amides is 1. The first kappa shape index (κ1) is 13.2. The van der Waals surface area contributed by atoms with Crippen molar-refractivity contribution in [2.75, 3.05) is 0 Å². The molecular formula is C12H20N2OS. The van der Waals surface area contributed by atoms with E-state index in [1.165, 1.54) is 4.88 Å². The van der Waals surface area contributed by atoms with Crippen molar-refractivity contribution in [2.45, 2.75) is 39.3 Å². The summed E-state index contributed by atoms with van der Waals surface area (Å²) in [6.45, 7) is 5.97. The third-order valence-corrected chi connectivity index (χ3v) is 3.62. The van der Waals surface area contributed by atoms with Crippen molar-refractivity contribution in [3.05, 3.63) is 22.4 Å². The van der Waals surface area contributed by atoms with Crippen molar-refractivity contribution in [2.24, 2.45) is 11.7 Å². The van der Waals surface area contributed by atoms with Gasteiger partial charge in [-0.3, -0.25) is 4.79 Å². The van der Waals surface area contributed by atoms with Crippen LogP contribution >= 0.6 is 11.3 Å². The summed E-state index contributed by atoms with van der Waals surface area (Å²) in [6, 6.07) is 3.71. The summed E-state index contributed by atoms with van der Waals surface area (Å²) < 4.78 is 0. The quantitative estimate of drug-likeness (QED) is 0.829. The molecule has 0 bridgehead atoms. The van der Waals surface area contributed by atoms with E-state index in [0.29, 0.717) is 0 Å². The fourth-order valence-electron chi connectivity index (χ4n) is 1.43. The lowest BCUT2D eigenvalue weighted by Crippen LogP contribution is -2.45. The molecular weight excluding hydrogens is 220 g/mol. The minimum Gasteiger partial charge on any atom is -0.347 e. The summed E-state index contributed by atoms with van der Waals surface area (Å²) in [5.74, 6) is 0.107. The Kier molecular flexibility index (Phi) is 4.96. The van der Waals surface area contributed by atoms with Gasteiger partial charge >= 0.3 is 0 Å². The van der Waals surface area contributed by atoms with Gasteiger partial charge in [-0.25, -0.2) is 0 Å². The summed E-state index contributed by atoms with van der Waals surface area (Å²) in [5, 5.41) is 5.02. The summed E-state index contributed by atoms with van der Waals surface area (Å²) >= 11 is 1.66. The lowest BCUT2D eigenvalue weighted by atomic mass is 10.0. The fraction of sp³-hybridized carbons (Fsp3) is 0.583. The van der Waals surface area contributed by atoms with Crippen LogP contribution in [0, 0.1) is 5.92 Å². The van der Waals surface area contributed by atoms with Gasteiger partial charge in [0.2, 0.25) is 5.91 Å². The van der Waals surface area contributed by atoms with Gasteiger partial charge in [-0.15, -0.1) is 11.3 Å². The maximum absolute atomic E-state index is 11.8. The van der Waals surface area contributed by atoms with Crippen molar-refractivity contribution in [1.82, 2.24) is 5.32 Å². The Hall–Kier alpha value is -0.870. The molecule has 1 rings (SSSR count). The highest BCUT2D eigenvalue weighted by Gasteiger charge is 2.20. The van der Waals surface area contributed by atoms with Crippen molar-refractivity contribution in [3.63, 3.8) is 0 Å². The van der Waals surface area contributed by atoms with Gasteiger partial charge in [0.1, 0.15) is 0 Å². The Morgan fingerprint density at radius 1 is 1.56 bits per heavy atom. The standard InChI is InChI=1S/C12H20N2OS/c1-4-9(10-6-5-7-16-10)14-12(15)11(13)8(2)3/h5-9,11H,4,13H2,1-3H3,(H,14,15)/t9?,11-/m1/s1. The van der Waals surface area contributed by atoms with E-state index in [1.807, 2.05) is 31.4 Å². The van der Waals surface area contributed by atoms with E-state index >= 15 is 0 Å². The van der Waals surface area contributed by atoms with E-state index in [2.05, 4.69) is 12.2 Å². The molecule has 16 heavy (non-hydrogen) atoms. The second-order valence-electron chi connectivity index (χ2n) is 4.25. The smallest absolute Gasteiger partial charge is 0.237 e. The highest BCUT2D eigenvalue weighted by Crippen LogP contribution is 2.21. The van der Waals surface area contributed by atoms with Crippen molar-refractivity contribution in [3.8, 4) is 0 Å². The molecule has 0 saturated carbocycles. The van der Waals surface area contributed by atoms with E-state index in [1.54, 1.807) is 11.3 Å². The zero-order valence-corrected chi connectivity index (χ0v) is 10.9. The summed E-state index contributed by atoms with van der Waals surface area (Å²) in [4.78, 5) is 13.0. The van der Waals surface area contributed by atoms with Crippen LogP contribution in [0.1, 0.15) is 38.1 Å². The van der Waals surface area contributed by atoms with Gasteiger partial charge in [0.05, 0.1) is 12.1 Å². The van der Waals surface area contributed by atoms with Gasteiger partial charge in [-0.2, -0.15) is 0 Å². The molecule has 0 spiro atoms. The number of hydrogen-bond acceptors (Lipinski definition) is 3. The Labute approximate surface area is 101 Å². The number of thiophene rings is 1. The number of hydrogen-bond donors (Lipinski definition) is 2. The summed E-state index contributed by atoms with van der Waals surface area (Å²) in [6.07, 6.45) is 0.886. The van der Waals surface area contributed by atoms with Crippen molar-refractivity contribution >= 4 is 17.2 Å². The zero-order valence-electron chi connectivity index (χ0n) is 10.1. The molecule has 3 N–H and O–H groups in total. The zero-order chi connectivity index (χ0) is 12.1. The largest absolute Gasteiger partial charge is 0.347 e. The van der Waals surface area contributed by atoms with Crippen molar-refractivity contribution in [1.29, 1.82) is 0 Å². The van der Waals surface area contributed by atoms with Crippen LogP contribution in [0.15, 0.2) is 17.5 Å². The molecule has 0 aliphatic carbocycles.